The number of carbonyl (C=O) groups excluding carboxylic acids is 2. The Morgan fingerprint density at radius 3 is 2.77 bits per heavy atom. The van der Waals surface area contributed by atoms with E-state index in [0.717, 1.165) is 12.8 Å². The smallest absolute Gasteiger partial charge is 0.252 e. The molecule has 122 valence electrons. The quantitative estimate of drug-likeness (QED) is 0.639. The number of aliphatic hydroxyl groups excluding tert-OH is 1. The fourth-order valence-corrected chi connectivity index (χ4v) is 3.40. The summed E-state index contributed by atoms with van der Waals surface area (Å²) in [6.45, 7) is 0.818. The maximum atomic E-state index is 11.7. The van der Waals surface area contributed by atoms with E-state index in [-0.39, 0.29) is 11.8 Å². The van der Waals surface area contributed by atoms with Gasteiger partial charge in [-0.2, -0.15) is 11.3 Å². The van der Waals surface area contributed by atoms with E-state index in [4.69, 9.17) is 0 Å². The molecule has 0 spiro atoms. The van der Waals surface area contributed by atoms with Gasteiger partial charge in [-0.05, 0) is 36.6 Å². The van der Waals surface area contributed by atoms with Gasteiger partial charge < -0.3 is 15.7 Å². The summed E-state index contributed by atoms with van der Waals surface area (Å²) in [7, 11) is 0. The molecule has 1 aliphatic rings. The summed E-state index contributed by atoms with van der Waals surface area (Å²) in [6.07, 6.45) is 5.02. The van der Waals surface area contributed by atoms with E-state index in [2.05, 4.69) is 10.6 Å². The molecule has 6 heteroatoms. The Bertz CT molecular complexity index is 470. The number of aliphatic hydroxyl groups is 1. The molecule has 1 heterocycles. The molecule has 0 radical (unpaired) electrons. The van der Waals surface area contributed by atoms with Crippen molar-refractivity contribution in [3.8, 4) is 0 Å². The van der Waals surface area contributed by atoms with Crippen LogP contribution in [-0.4, -0.2) is 36.1 Å². The van der Waals surface area contributed by atoms with Crippen LogP contribution in [0.4, 0.5) is 0 Å². The normalized spacial score (nSPS) is 16.4. The third-order valence-electron chi connectivity index (χ3n) is 4.10. The zero-order valence-electron chi connectivity index (χ0n) is 12.7. The van der Waals surface area contributed by atoms with Crippen molar-refractivity contribution in [1.82, 2.24) is 10.6 Å². The van der Waals surface area contributed by atoms with Crippen LogP contribution in [0.25, 0.3) is 0 Å². The van der Waals surface area contributed by atoms with Crippen molar-refractivity contribution < 1.29 is 14.7 Å². The van der Waals surface area contributed by atoms with Crippen LogP contribution in [0.15, 0.2) is 16.8 Å². The zero-order chi connectivity index (χ0) is 15.8. The highest BCUT2D eigenvalue weighted by atomic mass is 32.1. The highest BCUT2D eigenvalue weighted by molar-refractivity contribution is 7.08. The summed E-state index contributed by atoms with van der Waals surface area (Å²) in [5.41, 5.74) is 0.661. The Morgan fingerprint density at radius 1 is 1.32 bits per heavy atom. The summed E-state index contributed by atoms with van der Waals surface area (Å²) in [6, 6.07) is 1.77. The second kappa shape index (κ2) is 8.90. The highest BCUT2D eigenvalue weighted by Gasteiger charge is 2.23. The Morgan fingerprint density at radius 2 is 2.09 bits per heavy atom. The number of rotatable bonds is 8. The number of nitrogens with one attached hydrogen (secondary N) is 2. The van der Waals surface area contributed by atoms with E-state index in [1.54, 1.807) is 11.4 Å². The van der Waals surface area contributed by atoms with E-state index in [1.807, 2.05) is 5.38 Å². The van der Waals surface area contributed by atoms with Gasteiger partial charge in [-0.25, -0.2) is 0 Å². The predicted octanol–water partition coefficient (Wildman–Crippen LogP) is 1.93. The maximum absolute atomic E-state index is 11.7. The first-order valence-electron chi connectivity index (χ1n) is 7.92. The van der Waals surface area contributed by atoms with Crippen LogP contribution in [0, 0.1) is 5.92 Å². The summed E-state index contributed by atoms with van der Waals surface area (Å²) < 4.78 is 0. The van der Waals surface area contributed by atoms with Crippen molar-refractivity contribution in [3.05, 3.63) is 22.4 Å². The molecule has 5 nitrogen and oxygen atoms in total. The molecule has 1 saturated carbocycles. The molecule has 1 atom stereocenters. The van der Waals surface area contributed by atoms with E-state index in [9.17, 15) is 14.7 Å². The molecule has 0 saturated heterocycles. The van der Waals surface area contributed by atoms with E-state index in [0.29, 0.717) is 37.4 Å². The van der Waals surface area contributed by atoms with Crippen LogP contribution in [-0.2, 0) is 4.79 Å². The molecule has 2 rings (SSSR count). The van der Waals surface area contributed by atoms with E-state index >= 15 is 0 Å². The lowest BCUT2D eigenvalue weighted by molar-refractivity contribution is -0.121. The minimum Gasteiger partial charge on any atom is -0.391 e. The Hall–Kier alpha value is -1.40. The van der Waals surface area contributed by atoms with Gasteiger partial charge >= 0.3 is 0 Å². The number of hydrogen-bond acceptors (Lipinski definition) is 4. The molecule has 1 aliphatic carbocycles. The van der Waals surface area contributed by atoms with Gasteiger partial charge in [0.25, 0.3) is 5.91 Å². The average Bonchev–Trinajstić information content (AvgIpc) is 3.21. The topological polar surface area (TPSA) is 78.4 Å². The molecule has 0 bridgehead atoms. The fraction of sp³-hybridized carbons (Fsp3) is 0.625. The highest BCUT2D eigenvalue weighted by Crippen LogP contribution is 2.27. The lowest BCUT2D eigenvalue weighted by Crippen LogP contribution is -2.36. The van der Waals surface area contributed by atoms with Crippen LogP contribution < -0.4 is 10.6 Å². The minimum atomic E-state index is -0.426. The van der Waals surface area contributed by atoms with Crippen LogP contribution in [0.5, 0.6) is 0 Å². The minimum absolute atomic E-state index is 0.0678. The van der Waals surface area contributed by atoms with Gasteiger partial charge in [-0.3, -0.25) is 9.59 Å². The fourth-order valence-electron chi connectivity index (χ4n) is 2.76. The molecule has 1 unspecified atom stereocenters. The molecule has 1 aromatic heterocycles. The third-order valence-corrected chi connectivity index (χ3v) is 4.79. The third kappa shape index (κ3) is 5.42. The van der Waals surface area contributed by atoms with Crippen LogP contribution >= 0.6 is 11.3 Å². The van der Waals surface area contributed by atoms with Gasteiger partial charge in [0.2, 0.25) is 5.91 Å². The van der Waals surface area contributed by atoms with Gasteiger partial charge in [0.1, 0.15) is 0 Å². The summed E-state index contributed by atoms with van der Waals surface area (Å²) >= 11 is 1.48. The van der Waals surface area contributed by atoms with Gasteiger partial charge in [0.05, 0.1) is 6.10 Å². The standard InChI is InChI=1S/C16H24N2O3S/c19-14(12-4-1-2-5-12)10-18-15(20)6-3-8-17-16(21)13-7-9-22-11-13/h7,9,11-12,14,19H,1-6,8,10H2,(H,17,21)(H,18,20). The SMILES string of the molecule is O=C(CCCNC(=O)c1ccsc1)NCC(O)C1CCCC1. The first-order valence-corrected chi connectivity index (χ1v) is 8.86. The molecule has 2 amide bonds. The van der Waals surface area contributed by atoms with Crippen LogP contribution in [0.1, 0.15) is 48.9 Å². The molecule has 3 N–H and O–H groups in total. The maximum Gasteiger partial charge on any atom is 0.252 e. The lowest BCUT2D eigenvalue weighted by Gasteiger charge is -2.18. The molecular formula is C16H24N2O3S. The van der Waals surface area contributed by atoms with Gasteiger partial charge in [-0.15, -0.1) is 0 Å². The Balaban J connectivity index is 1.53. The molecule has 0 aliphatic heterocycles. The number of hydrogen-bond donors (Lipinski definition) is 3. The molecule has 1 aromatic rings. The zero-order valence-corrected chi connectivity index (χ0v) is 13.5. The molecule has 0 aromatic carbocycles. The first kappa shape index (κ1) is 17.0. The monoisotopic (exact) mass is 324 g/mol. The summed E-state index contributed by atoms with van der Waals surface area (Å²) in [4.78, 5) is 23.4. The van der Waals surface area contributed by atoms with Crippen molar-refractivity contribution in [2.24, 2.45) is 5.92 Å². The largest absolute Gasteiger partial charge is 0.391 e. The van der Waals surface area contributed by atoms with Crippen LogP contribution in [0.3, 0.4) is 0 Å². The van der Waals surface area contributed by atoms with Crippen molar-refractivity contribution in [3.63, 3.8) is 0 Å². The molecule has 22 heavy (non-hydrogen) atoms. The first-order chi connectivity index (χ1) is 10.7. The van der Waals surface area contributed by atoms with Crippen molar-refractivity contribution >= 4 is 23.2 Å². The van der Waals surface area contributed by atoms with Gasteiger partial charge in [-0.1, -0.05) is 12.8 Å². The second-order valence-electron chi connectivity index (χ2n) is 5.79. The van der Waals surface area contributed by atoms with Crippen molar-refractivity contribution in [2.75, 3.05) is 13.1 Å². The van der Waals surface area contributed by atoms with Crippen molar-refractivity contribution in [2.45, 2.75) is 44.6 Å². The Labute approximate surface area is 135 Å². The second-order valence-corrected chi connectivity index (χ2v) is 6.57. The van der Waals surface area contributed by atoms with Gasteiger partial charge in [0.15, 0.2) is 0 Å². The molecule has 1 fully saturated rings. The number of amides is 2. The number of carbonyl (C=O) groups is 2. The van der Waals surface area contributed by atoms with E-state index in [1.165, 1.54) is 24.2 Å². The van der Waals surface area contributed by atoms with E-state index < -0.39 is 6.10 Å². The number of thiophene rings is 1. The average molecular weight is 324 g/mol. The summed E-state index contributed by atoms with van der Waals surface area (Å²) in [5.74, 6) is 0.172. The predicted molar refractivity (Wildman–Crippen MR) is 86.9 cm³/mol. The summed E-state index contributed by atoms with van der Waals surface area (Å²) in [5, 5.41) is 19.2. The lowest BCUT2D eigenvalue weighted by atomic mass is 10.0. The Kier molecular flexibility index (Phi) is 6.86. The van der Waals surface area contributed by atoms with Gasteiger partial charge in [0, 0.05) is 30.5 Å². The van der Waals surface area contributed by atoms with Crippen LogP contribution in [0.2, 0.25) is 0 Å². The van der Waals surface area contributed by atoms with Crippen molar-refractivity contribution in [1.29, 1.82) is 0 Å². The molecular weight excluding hydrogens is 300 g/mol.